The van der Waals surface area contributed by atoms with E-state index in [0.717, 1.165) is 28.9 Å². The monoisotopic (exact) mass is 272 g/mol. The molecule has 1 heterocycles. The van der Waals surface area contributed by atoms with E-state index in [1.807, 2.05) is 31.2 Å². The van der Waals surface area contributed by atoms with Gasteiger partial charge in [0.25, 0.3) is 0 Å². The second-order valence-corrected chi connectivity index (χ2v) is 6.19. The number of nitrogens with zero attached hydrogens (tertiary/aromatic N) is 2. The van der Waals surface area contributed by atoms with E-state index in [1.54, 1.807) is 4.68 Å². The zero-order valence-corrected chi connectivity index (χ0v) is 13.0. The van der Waals surface area contributed by atoms with Crippen molar-refractivity contribution in [2.75, 3.05) is 0 Å². The first-order chi connectivity index (χ1) is 9.40. The van der Waals surface area contributed by atoms with Crippen LogP contribution in [0.1, 0.15) is 50.4 Å². The van der Waals surface area contributed by atoms with Gasteiger partial charge in [-0.3, -0.25) is 0 Å². The SMILES string of the molecule is Cc1cccc(-n2nc(C(C)C)c(CC(C)C)c2O)c1. The molecule has 0 unspecified atom stereocenters. The second-order valence-electron chi connectivity index (χ2n) is 6.19. The van der Waals surface area contributed by atoms with Crippen LogP contribution in [0.2, 0.25) is 0 Å². The molecule has 0 aliphatic carbocycles. The zero-order chi connectivity index (χ0) is 14.9. The first kappa shape index (κ1) is 14.6. The van der Waals surface area contributed by atoms with Crippen LogP contribution in [0.5, 0.6) is 5.88 Å². The van der Waals surface area contributed by atoms with Crippen molar-refractivity contribution in [3.63, 3.8) is 0 Å². The van der Waals surface area contributed by atoms with E-state index >= 15 is 0 Å². The van der Waals surface area contributed by atoms with Crippen LogP contribution in [0, 0.1) is 12.8 Å². The van der Waals surface area contributed by atoms with Gasteiger partial charge in [0.1, 0.15) is 0 Å². The minimum Gasteiger partial charge on any atom is -0.493 e. The Hall–Kier alpha value is -1.77. The van der Waals surface area contributed by atoms with E-state index in [2.05, 4.69) is 32.8 Å². The molecule has 108 valence electrons. The lowest BCUT2D eigenvalue weighted by molar-refractivity contribution is 0.424. The summed E-state index contributed by atoms with van der Waals surface area (Å²) in [5.41, 5.74) is 4.06. The Labute approximate surface area is 121 Å². The second kappa shape index (κ2) is 5.70. The lowest BCUT2D eigenvalue weighted by Gasteiger charge is -2.07. The third-order valence-corrected chi connectivity index (χ3v) is 3.39. The molecule has 1 aromatic heterocycles. The van der Waals surface area contributed by atoms with Crippen molar-refractivity contribution >= 4 is 0 Å². The average Bonchev–Trinajstić information content (AvgIpc) is 2.67. The van der Waals surface area contributed by atoms with Gasteiger partial charge in [-0.05, 0) is 42.9 Å². The summed E-state index contributed by atoms with van der Waals surface area (Å²) in [6, 6.07) is 8.05. The molecule has 0 spiro atoms. The highest BCUT2D eigenvalue weighted by molar-refractivity contribution is 5.43. The van der Waals surface area contributed by atoms with Gasteiger partial charge < -0.3 is 5.11 Å². The Kier molecular flexibility index (Phi) is 4.17. The van der Waals surface area contributed by atoms with Gasteiger partial charge in [-0.1, -0.05) is 39.8 Å². The molecular formula is C17H24N2O. The molecule has 0 aliphatic heterocycles. The molecule has 2 rings (SSSR count). The molecule has 20 heavy (non-hydrogen) atoms. The number of hydrogen-bond acceptors (Lipinski definition) is 2. The van der Waals surface area contributed by atoms with Crippen LogP contribution in [0.3, 0.4) is 0 Å². The van der Waals surface area contributed by atoms with E-state index in [0.29, 0.717) is 11.8 Å². The van der Waals surface area contributed by atoms with Gasteiger partial charge >= 0.3 is 0 Å². The standard InChI is InChI=1S/C17H24N2O/c1-11(2)9-15-16(12(3)4)18-19(17(15)20)14-8-6-7-13(5)10-14/h6-8,10-12,20H,9H2,1-5H3. The fourth-order valence-electron chi connectivity index (χ4n) is 2.47. The molecule has 0 radical (unpaired) electrons. The van der Waals surface area contributed by atoms with Gasteiger partial charge in [0, 0.05) is 5.56 Å². The van der Waals surface area contributed by atoms with Crippen LogP contribution in [0.25, 0.3) is 5.69 Å². The van der Waals surface area contributed by atoms with Gasteiger partial charge in [-0.25, -0.2) is 4.68 Å². The maximum Gasteiger partial charge on any atom is 0.217 e. The molecule has 0 amide bonds. The topological polar surface area (TPSA) is 38.0 Å². The summed E-state index contributed by atoms with van der Waals surface area (Å²) < 4.78 is 1.67. The van der Waals surface area contributed by atoms with E-state index in [4.69, 9.17) is 0 Å². The highest BCUT2D eigenvalue weighted by atomic mass is 16.3. The highest BCUT2D eigenvalue weighted by Crippen LogP contribution is 2.31. The summed E-state index contributed by atoms with van der Waals surface area (Å²) in [5, 5.41) is 15.2. The van der Waals surface area contributed by atoms with E-state index in [1.165, 1.54) is 0 Å². The third-order valence-electron chi connectivity index (χ3n) is 3.39. The predicted octanol–water partition coefficient (Wildman–Crippen LogP) is 4.21. The number of hydrogen-bond donors (Lipinski definition) is 1. The first-order valence-electron chi connectivity index (χ1n) is 7.28. The molecule has 0 fully saturated rings. The summed E-state index contributed by atoms with van der Waals surface area (Å²) in [7, 11) is 0. The number of aromatic nitrogens is 2. The molecule has 1 N–H and O–H groups in total. The third kappa shape index (κ3) is 2.87. The predicted molar refractivity (Wildman–Crippen MR) is 82.6 cm³/mol. The van der Waals surface area contributed by atoms with Crippen molar-refractivity contribution in [2.45, 2.75) is 47.0 Å². The molecule has 2 aromatic rings. The summed E-state index contributed by atoms with van der Waals surface area (Å²) in [5.74, 6) is 1.09. The lowest BCUT2D eigenvalue weighted by Crippen LogP contribution is -1.99. The Morgan fingerprint density at radius 2 is 1.90 bits per heavy atom. The van der Waals surface area contributed by atoms with E-state index in [-0.39, 0.29) is 5.88 Å². The minimum atomic E-state index is 0.285. The van der Waals surface area contributed by atoms with Crippen molar-refractivity contribution in [1.82, 2.24) is 9.78 Å². The average molecular weight is 272 g/mol. The highest BCUT2D eigenvalue weighted by Gasteiger charge is 2.21. The lowest BCUT2D eigenvalue weighted by atomic mass is 9.98. The fourth-order valence-corrected chi connectivity index (χ4v) is 2.47. The van der Waals surface area contributed by atoms with Gasteiger partial charge in [0.2, 0.25) is 5.88 Å². The van der Waals surface area contributed by atoms with E-state index in [9.17, 15) is 5.11 Å². The van der Waals surface area contributed by atoms with Crippen LogP contribution in [0.4, 0.5) is 0 Å². The van der Waals surface area contributed by atoms with Gasteiger partial charge in [0.05, 0.1) is 11.4 Å². The Morgan fingerprint density at radius 3 is 2.45 bits per heavy atom. The van der Waals surface area contributed by atoms with Crippen LogP contribution in [0.15, 0.2) is 24.3 Å². The van der Waals surface area contributed by atoms with Crippen LogP contribution in [-0.4, -0.2) is 14.9 Å². The van der Waals surface area contributed by atoms with Crippen LogP contribution in [-0.2, 0) is 6.42 Å². The summed E-state index contributed by atoms with van der Waals surface area (Å²) in [4.78, 5) is 0. The Morgan fingerprint density at radius 1 is 1.20 bits per heavy atom. The van der Waals surface area contributed by atoms with Crippen molar-refractivity contribution in [3.05, 3.63) is 41.1 Å². The van der Waals surface area contributed by atoms with Crippen LogP contribution < -0.4 is 0 Å². The maximum absolute atomic E-state index is 10.6. The van der Waals surface area contributed by atoms with Crippen molar-refractivity contribution in [2.24, 2.45) is 5.92 Å². The smallest absolute Gasteiger partial charge is 0.217 e. The number of aromatic hydroxyl groups is 1. The Bertz CT molecular complexity index is 597. The number of benzene rings is 1. The molecule has 0 saturated heterocycles. The molecule has 3 heteroatoms. The molecular weight excluding hydrogens is 248 g/mol. The molecule has 0 aliphatic rings. The van der Waals surface area contributed by atoms with Crippen molar-refractivity contribution in [3.8, 4) is 11.6 Å². The summed E-state index contributed by atoms with van der Waals surface area (Å²) in [6.45, 7) is 10.6. The largest absolute Gasteiger partial charge is 0.493 e. The molecule has 0 atom stereocenters. The number of rotatable bonds is 4. The van der Waals surface area contributed by atoms with Gasteiger partial charge in [-0.15, -0.1) is 0 Å². The normalized spacial score (nSPS) is 11.6. The van der Waals surface area contributed by atoms with Gasteiger partial charge in [-0.2, -0.15) is 5.10 Å². The fraction of sp³-hybridized carbons (Fsp3) is 0.471. The molecule has 0 bridgehead atoms. The summed E-state index contributed by atoms with van der Waals surface area (Å²) in [6.07, 6.45) is 0.852. The molecule has 1 aromatic carbocycles. The zero-order valence-electron chi connectivity index (χ0n) is 13.0. The van der Waals surface area contributed by atoms with Crippen molar-refractivity contribution in [1.29, 1.82) is 0 Å². The quantitative estimate of drug-likeness (QED) is 0.905. The minimum absolute atomic E-state index is 0.285. The first-order valence-corrected chi connectivity index (χ1v) is 7.28. The Balaban J connectivity index is 2.55. The molecule has 0 saturated carbocycles. The molecule has 3 nitrogen and oxygen atoms in total. The number of aryl methyl sites for hydroxylation is 1. The van der Waals surface area contributed by atoms with Crippen molar-refractivity contribution < 1.29 is 5.11 Å². The van der Waals surface area contributed by atoms with E-state index < -0.39 is 0 Å². The summed E-state index contributed by atoms with van der Waals surface area (Å²) >= 11 is 0. The maximum atomic E-state index is 10.6. The van der Waals surface area contributed by atoms with Crippen LogP contribution >= 0.6 is 0 Å². The van der Waals surface area contributed by atoms with Gasteiger partial charge in [0.15, 0.2) is 0 Å².